The Morgan fingerprint density at radius 2 is 1.81 bits per heavy atom. The van der Waals surface area contributed by atoms with E-state index in [1.54, 1.807) is 0 Å². The second kappa shape index (κ2) is 3.08. The summed E-state index contributed by atoms with van der Waals surface area (Å²) in [7, 11) is 0. The van der Waals surface area contributed by atoms with Crippen LogP contribution < -0.4 is 0 Å². The molecule has 0 amide bonds. The highest BCUT2D eigenvalue weighted by Gasteiger charge is 2.62. The van der Waals surface area contributed by atoms with Gasteiger partial charge in [0.25, 0.3) is 0 Å². The summed E-state index contributed by atoms with van der Waals surface area (Å²) in [4.78, 5) is 17.7. The van der Waals surface area contributed by atoms with Gasteiger partial charge in [-0.05, 0) is 5.92 Å². The Morgan fingerprint density at radius 3 is 2.31 bits per heavy atom. The van der Waals surface area contributed by atoms with Crippen LogP contribution in [0.5, 0.6) is 0 Å². The van der Waals surface area contributed by atoms with E-state index in [0.29, 0.717) is 11.7 Å². The van der Waals surface area contributed by atoms with Gasteiger partial charge in [-0.2, -0.15) is 0 Å². The lowest BCUT2D eigenvalue weighted by Crippen LogP contribution is -2.76. The molecule has 3 nitrogen and oxygen atoms in total. The summed E-state index contributed by atoms with van der Waals surface area (Å²) in [5.41, 5.74) is -0.142. The predicted molar refractivity (Wildman–Crippen MR) is 63.0 cm³/mol. The summed E-state index contributed by atoms with van der Waals surface area (Å²) in [5.74, 6) is 1.08. The largest absolute Gasteiger partial charge is 0.298 e. The van der Waals surface area contributed by atoms with Crippen LogP contribution in [0.25, 0.3) is 0 Å². The number of Topliss-reactive ketones (excluding diaryl/α,β-unsaturated/α-hetero) is 1. The average Bonchev–Trinajstić information content (AvgIpc) is 2.23. The van der Waals surface area contributed by atoms with Crippen LogP contribution in [0, 0.1) is 16.7 Å². The van der Waals surface area contributed by atoms with Gasteiger partial charge >= 0.3 is 0 Å². The fourth-order valence-corrected chi connectivity index (χ4v) is 4.29. The fraction of sp³-hybridized carbons (Fsp3) is 0.923. The highest BCUT2D eigenvalue weighted by molar-refractivity contribution is 5.93. The number of hydrogen-bond donors (Lipinski definition) is 0. The molecule has 0 aromatic rings. The number of carbonyl (C=O) groups is 1. The Labute approximate surface area is 97.8 Å². The number of hydrogen-bond acceptors (Lipinski definition) is 3. The molecular formula is C13H22N2O. The summed E-state index contributed by atoms with van der Waals surface area (Å²) in [6.45, 7) is 11.7. The van der Waals surface area contributed by atoms with Crippen molar-refractivity contribution >= 4 is 5.78 Å². The smallest absolute Gasteiger partial charge is 0.150 e. The Hall–Kier alpha value is -0.410. The molecule has 90 valence electrons. The third-order valence-electron chi connectivity index (χ3n) is 5.11. The number of nitrogens with zero attached hydrogens (tertiary/aromatic N) is 2. The van der Waals surface area contributed by atoms with Crippen LogP contribution in [-0.4, -0.2) is 48.4 Å². The van der Waals surface area contributed by atoms with Crippen molar-refractivity contribution in [3.05, 3.63) is 0 Å². The lowest BCUT2D eigenvalue weighted by atomic mass is 9.57. The summed E-state index contributed by atoms with van der Waals surface area (Å²) in [5, 5.41) is 0. The van der Waals surface area contributed by atoms with E-state index in [0.717, 1.165) is 39.3 Å². The van der Waals surface area contributed by atoms with Crippen molar-refractivity contribution in [2.75, 3.05) is 32.8 Å². The number of ketones is 1. The molecule has 0 radical (unpaired) electrons. The first kappa shape index (κ1) is 10.7. The minimum atomic E-state index is -0.0851. The first-order chi connectivity index (χ1) is 7.50. The van der Waals surface area contributed by atoms with Gasteiger partial charge in [0.1, 0.15) is 5.78 Å². The zero-order valence-corrected chi connectivity index (χ0v) is 10.6. The normalized spacial score (nSPS) is 52.1. The van der Waals surface area contributed by atoms with Gasteiger partial charge in [0.15, 0.2) is 0 Å². The van der Waals surface area contributed by atoms with Gasteiger partial charge in [0.2, 0.25) is 0 Å². The molecule has 3 atom stereocenters. The molecule has 4 fully saturated rings. The van der Waals surface area contributed by atoms with Gasteiger partial charge in [0, 0.05) is 26.2 Å². The van der Waals surface area contributed by atoms with E-state index in [1.165, 1.54) is 0 Å². The highest BCUT2D eigenvalue weighted by Crippen LogP contribution is 2.50. The summed E-state index contributed by atoms with van der Waals surface area (Å²) in [6, 6.07) is 0. The Bertz CT molecular complexity index is 325. The summed E-state index contributed by atoms with van der Waals surface area (Å²) >= 11 is 0. The van der Waals surface area contributed by atoms with Crippen LogP contribution >= 0.6 is 0 Å². The monoisotopic (exact) mass is 222 g/mol. The molecule has 0 aromatic heterocycles. The van der Waals surface area contributed by atoms with Crippen LogP contribution in [-0.2, 0) is 4.79 Å². The standard InChI is InChI=1S/C13H22N2O/c1-4-10(2)13-7-14-5-12(3,11(13)16)6-15(8-13)9-14/h10H,4-9H2,1-3H3/t10-,12?,13?/m1/s1. The number of carbonyl (C=O) groups excluding carboxylic acids is 1. The van der Waals surface area contributed by atoms with E-state index in [-0.39, 0.29) is 10.8 Å². The van der Waals surface area contributed by atoms with E-state index in [2.05, 4.69) is 30.6 Å². The topological polar surface area (TPSA) is 23.6 Å². The maximum absolute atomic E-state index is 12.8. The molecule has 16 heavy (non-hydrogen) atoms. The Kier molecular flexibility index (Phi) is 2.06. The predicted octanol–water partition coefficient (Wildman–Crippen LogP) is 1.20. The first-order valence-corrected chi connectivity index (χ1v) is 6.50. The van der Waals surface area contributed by atoms with Crippen LogP contribution in [0.3, 0.4) is 0 Å². The molecule has 4 saturated heterocycles. The molecule has 4 bridgehead atoms. The quantitative estimate of drug-likeness (QED) is 0.701. The van der Waals surface area contributed by atoms with Crippen molar-refractivity contribution < 1.29 is 4.79 Å². The molecule has 3 heteroatoms. The first-order valence-electron chi connectivity index (χ1n) is 6.50. The number of rotatable bonds is 2. The van der Waals surface area contributed by atoms with E-state index in [4.69, 9.17) is 0 Å². The SMILES string of the molecule is CC[C@@H](C)C12CN3CN(CC(C)(C3)C1=O)C2. The fourth-order valence-electron chi connectivity index (χ4n) is 4.29. The molecule has 4 aliphatic heterocycles. The molecule has 4 aliphatic rings. The second-order valence-electron chi connectivity index (χ2n) is 6.47. The molecule has 0 aromatic carbocycles. The zero-order chi connectivity index (χ0) is 11.6. The zero-order valence-electron chi connectivity index (χ0n) is 10.6. The highest BCUT2D eigenvalue weighted by atomic mass is 16.1. The maximum atomic E-state index is 12.8. The Balaban J connectivity index is 2.03. The molecule has 4 rings (SSSR count). The lowest BCUT2D eigenvalue weighted by Gasteiger charge is -2.63. The molecule has 2 unspecified atom stereocenters. The molecule has 0 saturated carbocycles. The van der Waals surface area contributed by atoms with Gasteiger partial charge in [-0.15, -0.1) is 0 Å². The van der Waals surface area contributed by atoms with Gasteiger partial charge in [-0.25, -0.2) is 0 Å². The molecule has 0 spiro atoms. The second-order valence-corrected chi connectivity index (χ2v) is 6.47. The van der Waals surface area contributed by atoms with Crippen molar-refractivity contribution in [3.8, 4) is 0 Å². The molecule has 0 aliphatic carbocycles. The Morgan fingerprint density at radius 1 is 1.25 bits per heavy atom. The van der Waals surface area contributed by atoms with Crippen molar-refractivity contribution in [3.63, 3.8) is 0 Å². The molecule has 4 heterocycles. The lowest BCUT2D eigenvalue weighted by molar-refractivity contribution is -0.188. The minimum absolute atomic E-state index is 0.0573. The van der Waals surface area contributed by atoms with Crippen molar-refractivity contribution in [1.29, 1.82) is 0 Å². The van der Waals surface area contributed by atoms with Crippen LogP contribution in [0.4, 0.5) is 0 Å². The van der Waals surface area contributed by atoms with Gasteiger partial charge in [-0.1, -0.05) is 27.2 Å². The van der Waals surface area contributed by atoms with Gasteiger partial charge in [-0.3, -0.25) is 14.6 Å². The van der Waals surface area contributed by atoms with E-state index in [9.17, 15) is 4.79 Å². The van der Waals surface area contributed by atoms with Crippen molar-refractivity contribution in [1.82, 2.24) is 9.80 Å². The van der Waals surface area contributed by atoms with Gasteiger partial charge in [0.05, 0.1) is 17.5 Å². The van der Waals surface area contributed by atoms with Crippen molar-refractivity contribution in [2.24, 2.45) is 16.7 Å². The van der Waals surface area contributed by atoms with Gasteiger partial charge < -0.3 is 0 Å². The average molecular weight is 222 g/mol. The van der Waals surface area contributed by atoms with Crippen LogP contribution in [0.15, 0.2) is 0 Å². The van der Waals surface area contributed by atoms with E-state index >= 15 is 0 Å². The molecule has 0 N–H and O–H groups in total. The van der Waals surface area contributed by atoms with E-state index in [1.807, 2.05) is 0 Å². The summed E-state index contributed by atoms with van der Waals surface area (Å²) < 4.78 is 0. The minimum Gasteiger partial charge on any atom is -0.298 e. The van der Waals surface area contributed by atoms with Crippen LogP contribution in [0.1, 0.15) is 27.2 Å². The van der Waals surface area contributed by atoms with E-state index < -0.39 is 0 Å². The summed E-state index contributed by atoms with van der Waals surface area (Å²) in [6.07, 6.45) is 1.11. The molecular weight excluding hydrogens is 200 g/mol. The van der Waals surface area contributed by atoms with Crippen LogP contribution in [0.2, 0.25) is 0 Å². The third kappa shape index (κ3) is 1.13. The van der Waals surface area contributed by atoms with Crippen molar-refractivity contribution in [2.45, 2.75) is 27.2 Å². The maximum Gasteiger partial charge on any atom is 0.150 e. The number of piperidine rings is 2. The third-order valence-corrected chi connectivity index (χ3v) is 5.11.